The molecule has 2 N–H and O–H groups in total. The number of benzene rings is 2. The molecule has 0 fully saturated rings. The zero-order valence-electron chi connectivity index (χ0n) is 15.2. The molecule has 1 aliphatic heterocycles. The standard InChI is InChI=1S/C20H17BrClN3O4/c21-13-5-8-15-16(11-13)20(29)25(19(15)28)9-1-2-17(26)23-24-18(27)10-12-3-6-14(22)7-4-12/h3-8,11H,1-2,9-10H2,(H,23,26)(H,24,27). The molecular formula is C20H17BrClN3O4. The number of halogens is 2. The van der Waals surface area contributed by atoms with Gasteiger partial charge in [-0.05, 0) is 42.3 Å². The molecule has 150 valence electrons. The number of hydrazine groups is 1. The first-order chi connectivity index (χ1) is 13.8. The normalized spacial score (nSPS) is 12.7. The second-order valence-corrected chi connectivity index (χ2v) is 7.81. The largest absolute Gasteiger partial charge is 0.274 e. The van der Waals surface area contributed by atoms with Crippen LogP contribution in [0.4, 0.5) is 0 Å². The molecule has 0 saturated heterocycles. The maximum Gasteiger partial charge on any atom is 0.261 e. The van der Waals surface area contributed by atoms with E-state index in [1.54, 1.807) is 42.5 Å². The highest BCUT2D eigenvalue weighted by molar-refractivity contribution is 9.10. The molecule has 0 saturated carbocycles. The van der Waals surface area contributed by atoms with Crippen molar-refractivity contribution in [1.82, 2.24) is 15.8 Å². The summed E-state index contributed by atoms with van der Waals surface area (Å²) < 4.78 is 0.716. The molecule has 29 heavy (non-hydrogen) atoms. The smallest absolute Gasteiger partial charge is 0.261 e. The van der Waals surface area contributed by atoms with Crippen molar-refractivity contribution in [1.29, 1.82) is 0 Å². The van der Waals surface area contributed by atoms with Crippen molar-refractivity contribution >= 4 is 51.2 Å². The molecule has 0 spiro atoms. The van der Waals surface area contributed by atoms with Crippen molar-refractivity contribution < 1.29 is 19.2 Å². The number of imide groups is 1. The molecule has 9 heteroatoms. The van der Waals surface area contributed by atoms with Crippen LogP contribution in [0.2, 0.25) is 5.02 Å². The van der Waals surface area contributed by atoms with E-state index in [4.69, 9.17) is 11.6 Å². The van der Waals surface area contributed by atoms with Gasteiger partial charge in [-0.25, -0.2) is 0 Å². The quantitative estimate of drug-likeness (QED) is 0.493. The number of amides is 4. The van der Waals surface area contributed by atoms with Crippen molar-refractivity contribution in [2.45, 2.75) is 19.3 Å². The first kappa shape index (κ1) is 21.0. The van der Waals surface area contributed by atoms with Crippen molar-refractivity contribution in [3.05, 3.63) is 68.7 Å². The maximum atomic E-state index is 12.4. The molecule has 0 bridgehead atoms. The molecule has 1 heterocycles. The van der Waals surface area contributed by atoms with E-state index >= 15 is 0 Å². The van der Waals surface area contributed by atoms with Crippen LogP contribution < -0.4 is 10.9 Å². The Morgan fingerprint density at radius 3 is 2.31 bits per heavy atom. The second kappa shape index (κ2) is 9.19. The van der Waals surface area contributed by atoms with Crippen molar-refractivity contribution in [2.24, 2.45) is 0 Å². The number of hydrogen-bond donors (Lipinski definition) is 2. The monoisotopic (exact) mass is 477 g/mol. The van der Waals surface area contributed by atoms with E-state index in [1.807, 2.05) is 0 Å². The fourth-order valence-corrected chi connectivity index (χ4v) is 3.38. The van der Waals surface area contributed by atoms with Gasteiger partial charge in [-0.1, -0.05) is 39.7 Å². The Labute approximate surface area is 180 Å². The fraction of sp³-hybridized carbons (Fsp3) is 0.200. The number of nitrogens with zero attached hydrogens (tertiary/aromatic N) is 1. The molecule has 0 unspecified atom stereocenters. The summed E-state index contributed by atoms with van der Waals surface area (Å²) in [6.45, 7) is 0.121. The Kier molecular flexibility index (Phi) is 6.66. The lowest BCUT2D eigenvalue weighted by molar-refractivity contribution is -0.128. The predicted molar refractivity (Wildman–Crippen MR) is 110 cm³/mol. The van der Waals surface area contributed by atoms with Crippen LogP contribution in [-0.4, -0.2) is 35.1 Å². The van der Waals surface area contributed by atoms with E-state index in [1.165, 1.54) is 0 Å². The van der Waals surface area contributed by atoms with Crippen LogP contribution in [0.25, 0.3) is 0 Å². The second-order valence-electron chi connectivity index (χ2n) is 6.45. The first-order valence-corrected chi connectivity index (χ1v) is 10.00. The summed E-state index contributed by atoms with van der Waals surface area (Å²) in [6.07, 6.45) is 0.436. The summed E-state index contributed by atoms with van der Waals surface area (Å²) in [6, 6.07) is 11.7. The number of carbonyl (C=O) groups is 4. The van der Waals surface area contributed by atoms with Crippen LogP contribution in [0.3, 0.4) is 0 Å². The number of fused-ring (bicyclic) bond motifs is 1. The van der Waals surface area contributed by atoms with Gasteiger partial charge in [-0.3, -0.25) is 34.9 Å². The van der Waals surface area contributed by atoms with Gasteiger partial charge in [0.25, 0.3) is 11.8 Å². The Bertz CT molecular complexity index is 978. The van der Waals surface area contributed by atoms with Gasteiger partial charge in [-0.15, -0.1) is 0 Å². The Morgan fingerprint density at radius 1 is 0.931 bits per heavy atom. The zero-order valence-corrected chi connectivity index (χ0v) is 17.5. The van der Waals surface area contributed by atoms with Gasteiger partial charge < -0.3 is 0 Å². The number of rotatable bonds is 6. The fourth-order valence-electron chi connectivity index (χ4n) is 2.90. The molecule has 7 nitrogen and oxygen atoms in total. The predicted octanol–water partition coefficient (Wildman–Crippen LogP) is 2.87. The molecule has 1 aliphatic rings. The number of nitrogens with one attached hydrogen (secondary N) is 2. The third kappa shape index (κ3) is 5.21. The molecule has 2 aromatic rings. The van der Waals surface area contributed by atoms with E-state index < -0.39 is 5.91 Å². The molecule has 0 aliphatic carbocycles. The molecule has 3 rings (SSSR count). The minimum absolute atomic E-state index is 0.0539. The summed E-state index contributed by atoms with van der Waals surface area (Å²) >= 11 is 9.07. The van der Waals surface area contributed by atoms with E-state index in [0.29, 0.717) is 20.6 Å². The Morgan fingerprint density at radius 2 is 1.59 bits per heavy atom. The highest BCUT2D eigenvalue weighted by Gasteiger charge is 2.35. The molecular weight excluding hydrogens is 462 g/mol. The maximum absolute atomic E-state index is 12.4. The van der Waals surface area contributed by atoms with Gasteiger partial charge in [0.05, 0.1) is 17.5 Å². The minimum Gasteiger partial charge on any atom is -0.274 e. The summed E-state index contributed by atoms with van der Waals surface area (Å²) in [5.41, 5.74) is 6.14. The first-order valence-electron chi connectivity index (χ1n) is 8.83. The van der Waals surface area contributed by atoms with Crippen LogP contribution in [-0.2, 0) is 16.0 Å². The molecule has 0 aromatic heterocycles. The molecule has 2 aromatic carbocycles. The lowest BCUT2D eigenvalue weighted by Crippen LogP contribution is -2.42. The average Bonchev–Trinajstić information content (AvgIpc) is 2.92. The van der Waals surface area contributed by atoms with E-state index in [2.05, 4.69) is 26.8 Å². The van der Waals surface area contributed by atoms with Gasteiger partial charge in [0, 0.05) is 22.5 Å². The molecule has 4 amide bonds. The van der Waals surface area contributed by atoms with Gasteiger partial charge in [-0.2, -0.15) is 0 Å². The highest BCUT2D eigenvalue weighted by Crippen LogP contribution is 2.26. The van der Waals surface area contributed by atoms with E-state index in [9.17, 15) is 19.2 Å². The third-order valence-electron chi connectivity index (χ3n) is 4.34. The lowest BCUT2D eigenvalue weighted by atomic mass is 10.1. The van der Waals surface area contributed by atoms with E-state index in [-0.39, 0.29) is 43.5 Å². The minimum atomic E-state index is -0.409. The van der Waals surface area contributed by atoms with Gasteiger partial charge >= 0.3 is 0 Å². The van der Waals surface area contributed by atoms with Crippen LogP contribution in [0, 0.1) is 0 Å². The van der Waals surface area contributed by atoms with Crippen LogP contribution in [0.15, 0.2) is 46.9 Å². The Balaban J connectivity index is 1.41. The average molecular weight is 479 g/mol. The van der Waals surface area contributed by atoms with Crippen molar-refractivity contribution in [2.75, 3.05) is 6.54 Å². The molecule has 0 radical (unpaired) electrons. The summed E-state index contributed by atoms with van der Waals surface area (Å²) in [7, 11) is 0. The van der Waals surface area contributed by atoms with Gasteiger partial charge in [0.15, 0.2) is 0 Å². The highest BCUT2D eigenvalue weighted by atomic mass is 79.9. The Hall–Kier alpha value is -2.71. The third-order valence-corrected chi connectivity index (χ3v) is 5.08. The SMILES string of the molecule is O=C(CCCN1C(=O)c2ccc(Br)cc2C1=O)NNC(=O)Cc1ccc(Cl)cc1. The lowest BCUT2D eigenvalue weighted by Gasteiger charge is -2.13. The summed E-state index contributed by atoms with van der Waals surface area (Å²) in [4.78, 5) is 49.6. The van der Waals surface area contributed by atoms with Crippen molar-refractivity contribution in [3.8, 4) is 0 Å². The van der Waals surface area contributed by atoms with Gasteiger partial charge in [0.1, 0.15) is 0 Å². The van der Waals surface area contributed by atoms with Crippen molar-refractivity contribution in [3.63, 3.8) is 0 Å². The van der Waals surface area contributed by atoms with Gasteiger partial charge in [0.2, 0.25) is 11.8 Å². The topological polar surface area (TPSA) is 95.6 Å². The number of hydrogen-bond acceptors (Lipinski definition) is 4. The summed E-state index contributed by atoms with van der Waals surface area (Å²) in [5.74, 6) is -1.52. The summed E-state index contributed by atoms with van der Waals surface area (Å²) in [5, 5.41) is 0.577. The van der Waals surface area contributed by atoms with Crippen LogP contribution in [0.1, 0.15) is 39.1 Å². The van der Waals surface area contributed by atoms with Crippen LogP contribution in [0.5, 0.6) is 0 Å². The van der Waals surface area contributed by atoms with E-state index in [0.717, 1.165) is 10.5 Å². The van der Waals surface area contributed by atoms with Crippen LogP contribution >= 0.6 is 27.5 Å². The zero-order chi connectivity index (χ0) is 21.0. The number of carbonyl (C=O) groups excluding carboxylic acids is 4. The molecule has 0 atom stereocenters.